The largest absolute Gasteiger partial charge is 0.268 e. The Morgan fingerprint density at radius 2 is 1.57 bits per heavy atom. The lowest BCUT2D eigenvalue weighted by Gasteiger charge is -2.13. The van der Waals surface area contributed by atoms with Crippen LogP contribution in [-0.2, 0) is 0 Å². The van der Waals surface area contributed by atoms with Gasteiger partial charge in [0.1, 0.15) is 0 Å². The van der Waals surface area contributed by atoms with Crippen molar-refractivity contribution in [2.75, 3.05) is 4.90 Å². The summed E-state index contributed by atoms with van der Waals surface area (Å²) in [6.45, 7) is 5.91. The molecule has 0 spiro atoms. The number of rotatable bonds is 2. The predicted molar refractivity (Wildman–Crippen MR) is 116 cm³/mol. The molecular weight excluding hydrogens is 400 g/mol. The van der Waals surface area contributed by atoms with Gasteiger partial charge in [-0.3, -0.25) is 9.59 Å². The molecule has 0 atom stereocenters. The average Bonchev–Trinajstić information content (AvgIpc) is 3.19. The Kier molecular flexibility index (Phi) is 4.01. The second kappa shape index (κ2) is 6.50. The lowest BCUT2D eigenvalue weighted by molar-refractivity contribution is 0.0926. The molecule has 6 nitrogen and oxygen atoms in total. The number of nitrogens with zero attached hydrogens (tertiary/aromatic N) is 4. The number of hydrogen-bond donors (Lipinski definition) is 0. The molecule has 0 aliphatic carbocycles. The van der Waals surface area contributed by atoms with Crippen LogP contribution in [0.25, 0.3) is 16.7 Å². The lowest BCUT2D eigenvalue weighted by Crippen LogP contribution is -2.29. The second-order valence-electron chi connectivity index (χ2n) is 7.43. The molecule has 0 bridgehead atoms. The van der Waals surface area contributed by atoms with E-state index < -0.39 is 5.91 Å². The van der Waals surface area contributed by atoms with E-state index in [0.29, 0.717) is 33.0 Å². The van der Waals surface area contributed by atoms with Gasteiger partial charge >= 0.3 is 0 Å². The number of hydrogen-bond acceptors (Lipinski definition) is 4. The number of aromatic nitrogens is 3. The normalized spacial score (nSPS) is 13.4. The zero-order chi connectivity index (χ0) is 21.2. The Morgan fingerprint density at radius 1 is 0.867 bits per heavy atom. The van der Waals surface area contributed by atoms with E-state index in [1.165, 1.54) is 11.8 Å². The molecule has 1 aliphatic heterocycles. The fourth-order valence-electron chi connectivity index (χ4n) is 3.82. The number of aryl methyl sites for hydroxylation is 3. The van der Waals surface area contributed by atoms with Crippen LogP contribution in [0.1, 0.15) is 37.5 Å². The summed E-state index contributed by atoms with van der Waals surface area (Å²) in [6.07, 6.45) is 1.46. The molecule has 0 N–H and O–H groups in total. The molecular formula is C23H17ClN4O2. The van der Waals surface area contributed by atoms with Crippen LogP contribution in [0, 0.1) is 20.8 Å². The van der Waals surface area contributed by atoms with E-state index in [1.807, 2.05) is 39.0 Å². The van der Waals surface area contributed by atoms with E-state index in [0.717, 1.165) is 16.2 Å². The predicted octanol–water partition coefficient (Wildman–Crippen LogP) is 4.80. The summed E-state index contributed by atoms with van der Waals surface area (Å²) in [5, 5.41) is 5.76. The van der Waals surface area contributed by atoms with Gasteiger partial charge in [-0.2, -0.15) is 5.10 Å². The molecule has 0 unspecified atom stereocenters. The maximum Gasteiger partial charge on any atom is 0.267 e. The summed E-state index contributed by atoms with van der Waals surface area (Å²) < 4.78 is 1.72. The van der Waals surface area contributed by atoms with Crippen molar-refractivity contribution in [3.8, 4) is 5.69 Å². The maximum absolute atomic E-state index is 13.3. The van der Waals surface area contributed by atoms with E-state index in [1.54, 1.807) is 28.9 Å². The monoisotopic (exact) mass is 416 g/mol. The van der Waals surface area contributed by atoms with Gasteiger partial charge in [-0.1, -0.05) is 17.7 Å². The number of fused-ring (bicyclic) bond motifs is 3. The summed E-state index contributed by atoms with van der Waals surface area (Å²) in [7, 11) is 0. The van der Waals surface area contributed by atoms with Crippen molar-refractivity contribution in [2.45, 2.75) is 20.8 Å². The molecule has 5 rings (SSSR count). The number of halogens is 1. The van der Waals surface area contributed by atoms with Gasteiger partial charge in [0.05, 0.1) is 33.6 Å². The SMILES string of the molecule is Cc1ccc(-n2nc(C)c3c4c(cnc32)C(=O)N(c2ccc(Cl)cc2)C4=O)cc1C. The third kappa shape index (κ3) is 2.57. The summed E-state index contributed by atoms with van der Waals surface area (Å²) >= 11 is 5.95. The number of imide groups is 1. The summed E-state index contributed by atoms with van der Waals surface area (Å²) in [5.74, 6) is -0.780. The quantitative estimate of drug-likeness (QED) is 0.440. The first-order valence-corrected chi connectivity index (χ1v) is 9.85. The molecule has 3 heterocycles. The molecule has 148 valence electrons. The average molecular weight is 417 g/mol. The molecule has 0 saturated carbocycles. The van der Waals surface area contributed by atoms with E-state index in [-0.39, 0.29) is 11.5 Å². The van der Waals surface area contributed by atoms with Gasteiger partial charge < -0.3 is 0 Å². The first-order valence-electron chi connectivity index (χ1n) is 9.47. The first-order chi connectivity index (χ1) is 14.4. The Bertz CT molecular complexity index is 1370. The third-order valence-corrected chi connectivity index (χ3v) is 5.79. The van der Waals surface area contributed by atoms with Crippen LogP contribution in [0.5, 0.6) is 0 Å². The van der Waals surface area contributed by atoms with E-state index in [9.17, 15) is 9.59 Å². The topological polar surface area (TPSA) is 68.1 Å². The van der Waals surface area contributed by atoms with Crippen LogP contribution >= 0.6 is 11.6 Å². The Hall–Kier alpha value is -3.51. The summed E-state index contributed by atoms with van der Waals surface area (Å²) in [5.41, 5.74) is 5.46. The highest BCUT2D eigenvalue weighted by molar-refractivity contribution is 6.37. The molecule has 2 aromatic carbocycles. The van der Waals surface area contributed by atoms with Crippen LogP contribution in [0.15, 0.2) is 48.7 Å². The van der Waals surface area contributed by atoms with E-state index >= 15 is 0 Å². The van der Waals surface area contributed by atoms with Crippen molar-refractivity contribution in [3.05, 3.63) is 81.6 Å². The maximum atomic E-state index is 13.3. The molecule has 1 aliphatic rings. The fraction of sp³-hybridized carbons (Fsp3) is 0.130. The molecule has 0 fully saturated rings. The molecule has 4 aromatic rings. The number of pyridine rings is 1. The zero-order valence-corrected chi connectivity index (χ0v) is 17.4. The van der Waals surface area contributed by atoms with Crippen molar-refractivity contribution in [1.82, 2.24) is 14.8 Å². The van der Waals surface area contributed by atoms with Crippen molar-refractivity contribution in [1.29, 1.82) is 0 Å². The highest BCUT2D eigenvalue weighted by atomic mass is 35.5. The molecule has 2 aromatic heterocycles. The summed E-state index contributed by atoms with van der Waals surface area (Å²) in [6, 6.07) is 12.6. The van der Waals surface area contributed by atoms with Crippen molar-refractivity contribution < 1.29 is 9.59 Å². The van der Waals surface area contributed by atoms with Crippen LogP contribution in [0.3, 0.4) is 0 Å². The van der Waals surface area contributed by atoms with E-state index in [4.69, 9.17) is 11.6 Å². The first kappa shape index (κ1) is 18.5. The molecule has 7 heteroatoms. The van der Waals surface area contributed by atoms with Gasteiger partial charge in [-0.05, 0) is 68.3 Å². The Balaban J connectivity index is 1.70. The fourth-order valence-corrected chi connectivity index (χ4v) is 3.95. The smallest absolute Gasteiger partial charge is 0.267 e. The van der Waals surface area contributed by atoms with Gasteiger partial charge in [0.2, 0.25) is 0 Å². The highest BCUT2D eigenvalue weighted by Gasteiger charge is 2.40. The lowest BCUT2D eigenvalue weighted by atomic mass is 10.1. The van der Waals surface area contributed by atoms with Crippen LogP contribution < -0.4 is 4.90 Å². The molecule has 0 radical (unpaired) electrons. The molecule has 2 amide bonds. The summed E-state index contributed by atoms with van der Waals surface area (Å²) in [4.78, 5) is 32.0. The standard InChI is InChI=1S/C23H17ClN4O2/c1-12-4-7-17(10-13(12)2)28-21-19(14(3)26-28)20-18(11-25-21)22(29)27(23(20)30)16-8-5-15(24)6-9-16/h4-11H,1-3H3. The van der Waals surface area contributed by atoms with Crippen molar-refractivity contribution in [3.63, 3.8) is 0 Å². The zero-order valence-electron chi connectivity index (χ0n) is 16.6. The number of amides is 2. The van der Waals surface area contributed by atoms with Crippen molar-refractivity contribution in [2.24, 2.45) is 0 Å². The number of anilines is 1. The van der Waals surface area contributed by atoms with Gasteiger partial charge in [0, 0.05) is 11.2 Å². The minimum absolute atomic E-state index is 0.283. The van der Waals surface area contributed by atoms with E-state index in [2.05, 4.69) is 10.1 Å². The molecule has 0 saturated heterocycles. The number of carbonyl (C=O) groups is 2. The van der Waals surface area contributed by atoms with Crippen LogP contribution in [0.4, 0.5) is 5.69 Å². The van der Waals surface area contributed by atoms with Gasteiger partial charge in [-0.25, -0.2) is 14.6 Å². The Morgan fingerprint density at radius 3 is 2.27 bits per heavy atom. The highest BCUT2D eigenvalue weighted by Crippen LogP contribution is 2.35. The number of benzene rings is 2. The van der Waals surface area contributed by atoms with Gasteiger partial charge in [0.25, 0.3) is 11.8 Å². The Labute approximate surface area is 177 Å². The second-order valence-corrected chi connectivity index (χ2v) is 7.87. The van der Waals surface area contributed by atoms with Gasteiger partial charge in [-0.15, -0.1) is 0 Å². The molecule has 30 heavy (non-hydrogen) atoms. The minimum Gasteiger partial charge on any atom is -0.268 e. The third-order valence-electron chi connectivity index (χ3n) is 5.54. The van der Waals surface area contributed by atoms with Crippen LogP contribution in [0.2, 0.25) is 5.02 Å². The number of carbonyl (C=O) groups excluding carboxylic acids is 2. The minimum atomic E-state index is -0.398. The van der Waals surface area contributed by atoms with Crippen LogP contribution in [-0.4, -0.2) is 26.6 Å². The van der Waals surface area contributed by atoms with Gasteiger partial charge in [0.15, 0.2) is 5.65 Å². The van der Waals surface area contributed by atoms with Crippen molar-refractivity contribution >= 4 is 40.1 Å².